The Hall–Kier alpha value is -2.64. The predicted octanol–water partition coefficient (Wildman–Crippen LogP) is 5.74. The number of rotatable bonds is 4. The van der Waals surface area contributed by atoms with Crippen molar-refractivity contribution in [2.75, 3.05) is 0 Å². The molecule has 23 heavy (non-hydrogen) atoms. The fraction of sp³-hybridized carbons (Fsp3) is 0. The first kappa shape index (κ1) is 15.3. The van der Waals surface area contributed by atoms with Gasteiger partial charge in [0, 0.05) is 16.1 Å². The lowest BCUT2D eigenvalue weighted by atomic mass is 10.0. The molecule has 0 saturated carbocycles. The van der Waals surface area contributed by atoms with E-state index in [9.17, 15) is 4.79 Å². The standard InChI is InChI=1S/C21H15ClO/c22-20-14-12-19(13-15-20)21(23)18-10-8-17(9-11-18)7-6-16-4-2-1-3-5-16/h1-15H. The molecule has 0 fully saturated rings. The van der Waals surface area contributed by atoms with E-state index in [-0.39, 0.29) is 5.78 Å². The molecule has 2 heteroatoms. The van der Waals surface area contributed by atoms with Gasteiger partial charge in [-0.2, -0.15) is 0 Å². The van der Waals surface area contributed by atoms with E-state index in [0.29, 0.717) is 16.1 Å². The van der Waals surface area contributed by atoms with Gasteiger partial charge in [0.15, 0.2) is 5.78 Å². The summed E-state index contributed by atoms with van der Waals surface area (Å²) < 4.78 is 0. The molecule has 3 aromatic rings. The van der Waals surface area contributed by atoms with Gasteiger partial charge in [-0.05, 0) is 35.4 Å². The van der Waals surface area contributed by atoms with Gasteiger partial charge < -0.3 is 0 Å². The lowest BCUT2D eigenvalue weighted by Crippen LogP contribution is -2.00. The molecular weight excluding hydrogens is 304 g/mol. The lowest BCUT2D eigenvalue weighted by Gasteiger charge is -2.02. The molecule has 0 spiro atoms. The summed E-state index contributed by atoms with van der Waals surface area (Å²) in [6.45, 7) is 0. The van der Waals surface area contributed by atoms with Gasteiger partial charge >= 0.3 is 0 Å². The maximum absolute atomic E-state index is 12.4. The van der Waals surface area contributed by atoms with E-state index in [4.69, 9.17) is 11.6 Å². The van der Waals surface area contributed by atoms with Crippen molar-refractivity contribution in [3.8, 4) is 0 Å². The van der Waals surface area contributed by atoms with E-state index in [1.807, 2.05) is 48.5 Å². The van der Waals surface area contributed by atoms with E-state index in [0.717, 1.165) is 11.1 Å². The molecule has 0 N–H and O–H groups in total. The van der Waals surface area contributed by atoms with Crippen LogP contribution in [0.4, 0.5) is 0 Å². The van der Waals surface area contributed by atoms with Gasteiger partial charge in [-0.1, -0.05) is 78.4 Å². The zero-order valence-corrected chi connectivity index (χ0v) is 13.2. The van der Waals surface area contributed by atoms with Gasteiger partial charge in [0.05, 0.1) is 0 Å². The fourth-order valence-corrected chi connectivity index (χ4v) is 2.40. The highest BCUT2D eigenvalue weighted by Crippen LogP contribution is 2.15. The van der Waals surface area contributed by atoms with Crippen LogP contribution in [0.3, 0.4) is 0 Å². The molecule has 0 heterocycles. The van der Waals surface area contributed by atoms with Crippen LogP contribution in [0.2, 0.25) is 5.02 Å². The fourth-order valence-electron chi connectivity index (χ4n) is 2.27. The lowest BCUT2D eigenvalue weighted by molar-refractivity contribution is 0.103. The highest BCUT2D eigenvalue weighted by molar-refractivity contribution is 6.30. The number of hydrogen-bond donors (Lipinski definition) is 0. The number of carbonyl (C=O) groups excluding carboxylic acids is 1. The molecule has 0 amide bonds. The van der Waals surface area contributed by atoms with Crippen LogP contribution in [0.1, 0.15) is 27.0 Å². The molecule has 0 aromatic heterocycles. The Kier molecular flexibility index (Phi) is 4.70. The van der Waals surface area contributed by atoms with Crippen molar-refractivity contribution in [2.24, 2.45) is 0 Å². The molecule has 0 atom stereocenters. The Balaban J connectivity index is 1.75. The summed E-state index contributed by atoms with van der Waals surface area (Å²) in [6, 6.07) is 24.6. The van der Waals surface area contributed by atoms with Gasteiger partial charge in [0.2, 0.25) is 0 Å². The van der Waals surface area contributed by atoms with Crippen LogP contribution in [-0.4, -0.2) is 5.78 Å². The highest BCUT2D eigenvalue weighted by atomic mass is 35.5. The Morgan fingerprint density at radius 1 is 0.652 bits per heavy atom. The van der Waals surface area contributed by atoms with Crippen LogP contribution >= 0.6 is 11.6 Å². The molecule has 0 unspecified atom stereocenters. The van der Waals surface area contributed by atoms with Crippen LogP contribution in [0, 0.1) is 0 Å². The monoisotopic (exact) mass is 318 g/mol. The SMILES string of the molecule is O=C(c1ccc(Cl)cc1)c1ccc(C=Cc2ccccc2)cc1. The Bertz CT molecular complexity index is 816. The summed E-state index contributed by atoms with van der Waals surface area (Å²) >= 11 is 5.85. The van der Waals surface area contributed by atoms with Gasteiger partial charge in [0.1, 0.15) is 0 Å². The number of benzene rings is 3. The quantitative estimate of drug-likeness (QED) is 0.442. The largest absolute Gasteiger partial charge is 0.289 e. The van der Waals surface area contributed by atoms with E-state index in [2.05, 4.69) is 18.2 Å². The molecule has 3 aromatic carbocycles. The van der Waals surface area contributed by atoms with Crippen LogP contribution in [0.5, 0.6) is 0 Å². The van der Waals surface area contributed by atoms with Gasteiger partial charge in [-0.15, -0.1) is 0 Å². The first-order chi connectivity index (χ1) is 11.2. The third-order valence-corrected chi connectivity index (χ3v) is 3.80. The van der Waals surface area contributed by atoms with Crippen LogP contribution in [-0.2, 0) is 0 Å². The number of carbonyl (C=O) groups is 1. The molecule has 3 rings (SSSR count). The Morgan fingerprint density at radius 3 is 1.70 bits per heavy atom. The summed E-state index contributed by atoms with van der Waals surface area (Å²) in [6.07, 6.45) is 4.09. The minimum Gasteiger partial charge on any atom is -0.289 e. The van der Waals surface area contributed by atoms with Crippen molar-refractivity contribution in [1.82, 2.24) is 0 Å². The Labute approximate surface area is 140 Å². The molecule has 1 nitrogen and oxygen atoms in total. The molecule has 0 aliphatic rings. The molecule has 0 aliphatic carbocycles. The van der Waals surface area contributed by atoms with Crippen LogP contribution in [0.15, 0.2) is 78.9 Å². The molecule has 0 bridgehead atoms. The van der Waals surface area contributed by atoms with Gasteiger partial charge in [0.25, 0.3) is 0 Å². The highest BCUT2D eigenvalue weighted by Gasteiger charge is 2.08. The van der Waals surface area contributed by atoms with Crippen molar-refractivity contribution >= 4 is 29.5 Å². The zero-order chi connectivity index (χ0) is 16.1. The molecule has 0 saturated heterocycles. The first-order valence-electron chi connectivity index (χ1n) is 7.36. The number of halogens is 1. The summed E-state index contributed by atoms with van der Waals surface area (Å²) in [5.41, 5.74) is 3.52. The second kappa shape index (κ2) is 7.08. The second-order valence-corrected chi connectivity index (χ2v) is 5.64. The first-order valence-corrected chi connectivity index (χ1v) is 7.74. The third kappa shape index (κ3) is 3.97. The van der Waals surface area contributed by atoms with Gasteiger partial charge in [-0.25, -0.2) is 0 Å². The average Bonchev–Trinajstić information content (AvgIpc) is 2.61. The van der Waals surface area contributed by atoms with E-state index in [1.165, 1.54) is 0 Å². The van der Waals surface area contributed by atoms with Crippen molar-refractivity contribution in [1.29, 1.82) is 0 Å². The molecule has 112 valence electrons. The van der Waals surface area contributed by atoms with Crippen molar-refractivity contribution in [2.45, 2.75) is 0 Å². The average molecular weight is 319 g/mol. The van der Waals surface area contributed by atoms with Crippen molar-refractivity contribution in [3.05, 3.63) is 106 Å². The molecule has 0 radical (unpaired) electrons. The predicted molar refractivity (Wildman–Crippen MR) is 96.7 cm³/mol. The van der Waals surface area contributed by atoms with Crippen LogP contribution in [0.25, 0.3) is 12.2 Å². The second-order valence-electron chi connectivity index (χ2n) is 5.20. The van der Waals surface area contributed by atoms with E-state index < -0.39 is 0 Å². The third-order valence-electron chi connectivity index (χ3n) is 3.55. The summed E-state index contributed by atoms with van der Waals surface area (Å²) in [5, 5.41) is 0.628. The maximum atomic E-state index is 12.4. The summed E-state index contributed by atoms with van der Waals surface area (Å²) in [5.74, 6) is 0.000237. The number of ketones is 1. The van der Waals surface area contributed by atoms with Crippen LogP contribution < -0.4 is 0 Å². The zero-order valence-electron chi connectivity index (χ0n) is 12.4. The summed E-state index contributed by atoms with van der Waals surface area (Å²) in [4.78, 5) is 12.4. The number of hydrogen-bond acceptors (Lipinski definition) is 1. The minimum absolute atomic E-state index is 0.000237. The Morgan fingerprint density at radius 2 is 1.13 bits per heavy atom. The van der Waals surface area contributed by atoms with Crippen molar-refractivity contribution in [3.63, 3.8) is 0 Å². The van der Waals surface area contributed by atoms with E-state index >= 15 is 0 Å². The van der Waals surface area contributed by atoms with E-state index in [1.54, 1.807) is 24.3 Å². The van der Waals surface area contributed by atoms with Crippen molar-refractivity contribution < 1.29 is 4.79 Å². The molecule has 0 aliphatic heterocycles. The normalized spacial score (nSPS) is 10.8. The summed E-state index contributed by atoms with van der Waals surface area (Å²) in [7, 11) is 0. The molecular formula is C21H15ClO. The topological polar surface area (TPSA) is 17.1 Å². The maximum Gasteiger partial charge on any atom is 0.193 e. The minimum atomic E-state index is 0.000237. The van der Waals surface area contributed by atoms with Gasteiger partial charge in [-0.3, -0.25) is 4.79 Å². The smallest absolute Gasteiger partial charge is 0.193 e.